The van der Waals surface area contributed by atoms with Gasteiger partial charge in [-0.3, -0.25) is 4.98 Å². The van der Waals surface area contributed by atoms with Crippen LogP contribution in [0.1, 0.15) is 12.5 Å². The predicted octanol–water partition coefficient (Wildman–Crippen LogP) is 2.13. The van der Waals surface area contributed by atoms with E-state index in [4.69, 9.17) is 5.73 Å². The second-order valence-electron chi connectivity index (χ2n) is 4.10. The molecule has 0 fully saturated rings. The minimum absolute atomic E-state index is 0.731. The number of hydrogen-bond acceptors (Lipinski definition) is 4. The number of hydrogen-bond donors (Lipinski definition) is 1. The maximum Gasteiger partial charge on any atom is 0.151 e. The molecule has 0 saturated carbocycles. The molecule has 0 unspecified atom stereocenters. The van der Waals surface area contributed by atoms with Crippen molar-refractivity contribution >= 4 is 11.5 Å². The molecule has 2 rings (SSSR count). The van der Waals surface area contributed by atoms with E-state index >= 15 is 0 Å². The van der Waals surface area contributed by atoms with Crippen LogP contribution in [0.2, 0.25) is 0 Å². The van der Waals surface area contributed by atoms with E-state index in [0.29, 0.717) is 0 Å². The summed E-state index contributed by atoms with van der Waals surface area (Å²) in [5.41, 5.74) is 7.96. The monoisotopic (exact) mass is 242 g/mol. The molecule has 2 aromatic heterocycles. The van der Waals surface area contributed by atoms with Crippen LogP contribution in [0.25, 0.3) is 0 Å². The normalized spacial score (nSPS) is 10.3. The lowest BCUT2D eigenvalue weighted by molar-refractivity contribution is 0.795. The lowest BCUT2D eigenvalue weighted by Gasteiger charge is -2.23. The summed E-state index contributed by atoms with van der Waals surface area (Å²) in [6.07, 6.45) is 6.38. The van der Waals surface area contributed by atoms with E-state index in [1.807, 2.05) is 36.7 Å². The van der Waals surface area contributed by atoms with Gasteiger partial charge in [-0.25, -0.2) is 4.98 Å². The fourth-order valence-electron chi connectivity index (χ4n) is 1.90. The standard InChI is InChI=1S/C14H18N4/c1-2-18(14-13(15)4-3-8-17-14)11-7-12-5-9-16-10-6-12/h3-6,8-10H,2,7,11,15H2,1H3. The van der Waals surface area contributed by atoms with Crippen molar-refractivity contribution in [3.8, 4) is 0 Å². The lowest BCUT2D eigenvalue weighted by atomic mass is 10.2. The largest absolute Gasteiger partial charge is 0.396 e. The summed E-state index contributed by atoms with van der Waals surface area (Å²) in [4.78, 5) is 10.6. The topological polar surface area (TPSA) is 55.0 Å². The van der Waals surface area contributed by atoms with E-state index in [-0.39, 0.29) is 0 Å². The molecule has 0 aromatic carbocycles. The summed E-state index contributed by atoms with van der Waals surface area (Å²) in [6, 6.07) is 7.82. The van der Waals surface area contributed by atoms with E-state index in [1.54, 1.807) is 6.20 Å². The number of likely N-dealkylation sites (N-methyl/N-ethyl adjacent to an activating group) is 1. The van der Waals surface area contributed by atoms with E-state index in [1.165, 1.54) is 5.56 Å². The minimum Gasteiger partial charge on any atom is -0.396 e. The maximum atomic E-state index is 5.95. The first-order valence-electron chi connectivity index (χ1n) is 6.15. The van der Waals surface area contributed by atoms with Gasteiger partial charge in [-0.05, 0) is 43.2 Å². The van der Waals surface area contributed by atoms with Gasteiger partial charge in [0.25, 0.3) is 0 Å². The van der Waals surface area contributed by atoms with Crippen molar-refractivity contribution in [2.75, 3.05) is 23.7 Å². The number of nitrogens with zero attached hydrogens (tertiary/aromatic N) is 3. The van der Waals surface area contributed by atoms with Gasteiger partial charge in [-0.2, -0.15) is 0 Å². The molecular weight excluding hydrogens is 224 g/mol. The highest BCUT2D eigenvalue weighted by Crippen LogP contribution is 2.19. The molecule has 4 nitrogen and oxygen atoms in total. The molecule has 0 saturated heterocycles. The van der Waals surface area contributed by atoms with Crippen LogP contribution in [0.4, 0.5) is 11.5 Å². The van der Waals surface area contributed by atoms with Crippen molar-refractivity contribution in [2.24, 2.45) is 0 Å². The predicted molar refractivity (Wildman–Crippen MR) is 74.5 cm³/mol. The quantitative estimate of drug-likeness (QED) is 0.872. The summed E-state index contributed by atoms with van der Waals surface area (Å²) in [6.45, 7) is 3.91. The molecule has 0 amide bonds. The van der Waals surface area contributed by atoms with Crippen molar-refractivity contribution in [1.29, 1.82) is 0 Å². The van der Waals surface area contributed by atoms with Gasteiger partial charge in [-0.15, -0.1) is 0 Å². The summed E-state index contributed by atoms with van der Waals surface area (Å²) in [5, 5.41) is 0. The van der Waals surface area contributed by atoms with Crippen LogP contribution in [0.15, 0.2) is 42.9 Å². The Hall–Kier alpha value is -2.10. The molecular formula is C14H18N4. The minimum atomic E-state index is 0.731. The molecule has 0 radical (unpaired) electrons. The third-order valence-corrected chi connectivity index (χ3v) is 2.92. The number of rotatable bonds is 5. The highest BCUT2D eigenvalue weighted by Gasteiger charge is 2.08. The Bertz CT molecular complexity index is 484. The Labute approximate surface area is 107 Å². The summed E-state index contributed by atoms with van der Waals surface area (Å²) >= 11 is 0. The van der Waals surface area contributed by atoms with Crippen molar-refractivity contribution in [3.63, 3.8) is 0 Å². The Morgan fingerprint density at radius 3 is 2.61 bits per heavy atom. The fraction of sp³-hybridized carbons (Fsp3) is 0.286. The van der Waals surface area contributed by atoms with Gasteiger partial charge in [0.1, 0.15) is 0 Å². The molecule has 0 aliphatic heterocycles. The van der Waals surface area contributed by atoms with E-state index < -0.39 is 0 Å². The van der Waals surface area contributed by atoms with Crippen molar-refractivity contribution in [1.82, 2.24) is 9.97 Å². The number of pyridine rings is 2. The van der Waals surface area contributed by atoms with Crippen LogP contribution in [0.5, 0.6) is 0 Å². The van der Waals surface area contributed by atoms with E-state index in [9.17, 15) is 0 Å². The zero-order valence-corrected chi connectivity index (χ0v) is 10.6. The SMILES string of the molecule is CCN(CCc1ccncc1)c1ncccc1N. The molecule has 94 valence electrons. The van der Waals surface area contributed by atoms with Gasteiger partial charge in [0.05, 0.1) is 5.69 Å². The maximum absolute atomic E-state index is 5.95. The average Bonchev–Trinajstić information content (AvgIpc) is 2.42. The third-order valence-electron chi connectivity index (χ3n) is 2.92. The smallest absolute Gasteiger partial charge is 0.151 e. The number of anilines is 2. The van der Waals surface area contributed by atoms with Gasteiger partial charge in [0.15, 0.2) is 5.82 Å². The van der Waals surface area contributed by atoms with Crippen LogP contribution in [0, 0.1) is 0 Å². The average molecular weight is 242 g/mol. The summed E-state index contributed by atoms with van der Waals surface area (Å²) in [5.74, 6) is 0.869. The van der Waals surface area contributed by atoms with Crippen LogP contribution in [0.3, 0.4) is 0 Å². The van der Waals surface area contributed by atoms with Crippen LogP contribution < -0.4 is 10.6 Å². The molecule has 4 heteroatoms. The molecule has 0 spiro atoms. The first-order valence-corrected chi connectivity index (χ1v) is 6.15. The summed E-state index contributed by atoms with van der Waals surface area (Å²) in [7, 11) is 0. The van der Waals surface area contributed by atoms with Crippen LogP contribution in [-0.4, -0.2) is 23.1 Å². The third kappa shape index (κ3) is 2.97. The number of nitrogens with two attached hydrogens (primary N) is 1. The van der Waals surface area contributed by atoms with Gasteiger partial charge in [0.2, 0.25) is 0 Å². The number of nitrogen functional groups attached to an aromatic ring is 1. The van der Waals surface area contributed by atoms with Crippen LogP contribution in [-0.2, 0) is 6.42 Å². The molecule has 0 atom stereocenters. The fourth-order valence-corrected chi connectivity index (χ4v) is 1.90. The zero-order chi connectivity index (χ0) is 12.8. The van der Waals surface area contributed by atoms with E-state index in [2.05, 4.69) is 21.8 Å². The summed E-state index contributed by atoms with van der Waals surface area (Å²) < 4.78 is 0. The number of aromatic nitrogens is 2. The molecule has 2 heterocycles. The Balaban J connectivity index is 2.04. The second kappa shape index (κ2) is 6.00. The molecule has 0 bridgehead atoms. The van der Waals surface area contributed by atoms with E-state index in [0.717, 1.165) is 31.0 Å². The first kappa shape index (κ1) is 12.4. The van der Waals surface area contributed by atoms with Crippen LogP contribution >= 0.6 is 0 Å². The van der Waals surface area contributed by atoms with Gasteiger partial charge in [0, 0.05) is 31.7 Å². The Kier molecular flexibility index (Phi) is 4.12. The van der Waals surface area contributed by atoms with Crippen molar-refractivity contribution in [3.05, 3.63) is 48.4 Å². The zero-order valence-electron chi connectivity index (χ0n) is 10.6. The Morgan fingerprint density at radius 1 is 1.17 bits per heavy atom. The van der Waals surface area contributed by atoms with Gasteiger partial charge >= 0.3 is 0 Å². The van der Waals surface area contributed by atoms with Gasteiger partial charge < -0.3 is 10.6 Å². The molecule has 0 aliphatic rings. The molecule has 2 N–H and O–H groups in total. The second-order valence-corrected chi connectivity index (χ2v) is 4.10. The molecule has 2 aromatic rings. The lowest BCUT2D eigenvalue weighted by Crippen LogP contribution is -2.27. The first-order chi connectivity index (χ1) is 8.81. The highest BCUT2D eigenvalue weighted by atomic mass is 15.2. The Morgan fingerprint density at radius 2 is 1.94 bits per heavy atom. The van der Waals surface area contributed by atoms with Crippen molar-refractivity contribution < 1.29 is 0 Å². The van der Waals surface area contributed by atoms with Gasteiger partial charge in [-0.1, -0.05) is 0 Å². The molecule has 0 aliphatic carbocycles. The highest BCUT2D eigenvalue weighted by molar-refractivity contribution is 5.62. The molecule has 18 heavy (non-hydrogen) atoms. The van der Waals surface area contributed by atoms with Crippen molar-refractivity contribution in [2.45, 2.75) is 13.3 Å².